The Hall–Kier alpha value is -4.13. The number of aliphatic carboxylic acids is 1. The third kappa shape index (κ3) is 13.3. The molecule has 0 radical (unpaired) electrons. The molecule has 8 N–H and O–H groups in total. The lowest BCUT2D eigenvalue weighted by atomic mass is 9.86. The number of hydrogen-bond donors (Lipinski definition) is 6. The number of ketones is 1. The summed E-state index contributed by atoms with van der Waals surface area (Å²) < 4.78 is 0. The van der Waals surface area contributed by atoms with Crippen molar-refractivity contribution in [2.45, 2.75) is 89.3 Å². The summed E-state index contributed by atoms with van der Waals surface area (Å²) in [6.45, 7) is 5.37. The van der Waals surface area contributed by atoms with E-state index >= 15 is 0 Å². The molecule has 0 bridgehead atoms. The third-order valence-corrected chi connectivity index (χ3v) is 9.26. The zero-order valence-corrected chi connectivity index (χ0v) is 29.6. The Morgan fingerprint density at radius 3 is 2.08 bits per heavy atom. The average Bonchev–Trinajstić information content (AvgIpc) is 3.09. The average molecular weight is 693 g/mol. The van der Waals surface area contributed by atoms with Crippen LogP contribution in [0, 0.1) is 11.8 Å². The van der Waals surface area contributed by atoms with Gasteiger partial charge in [-0.2, -0.15) is 0 Å². The standard InChI is InChI=1S/C38H56N6O6/c1-27(2)23-31(33(45)25-30(15-9-10-19-39)36(48)44-21-17-38(40,18-22-44)37(49)50)43-35(47)32(24-29-13-7-4-8-14-29)42-34(46)26-41-20-16-28-11-5-3-6-12-28/h3-8,11-14,27,30-32,41H,9-10,15-26,39-40H2,1-2H3,(H,42,46)(H,43,47)(H,49,50)/t30-,31+,32+/m0/s1. The Morgan fingerprint density at radius 2 is 1.50 bits per heavy atom. The molecule has 3 atom stereocenters. The predicted molar refractivity (Wildman–Crippen MR) is 193 cm³/mol. The van der Waals surface area contributed by atoms with Crippen LogP contribution in [0.25, 0.3) is 0 Å². The fourth-order valence-electron chi connectivity index (χ4n) is 6.23. The first-order valence-corrected chi connectivity index (χ1v) is 17.8. The Kier molecular flexibility index (Phi) is 16.5. The summed E-state index contributed by atoms with van der Waals surface area (Å²) in [4.78, 5) is 67.7. The largest absolute Gasteiger partial charge is 0.480 e. The highest BCUT2D eigenvalue weighted by Crippen LogP contribution is 2.25. The molecule has 2 aromatic rings. The first-order chi connectivity index (χ1) is 23.9. The number of hydrogen-bond acceptors (Lipinski definition) is 8. The lowest BCUT2D eigenvalue weighted by molar-refractivity contribution is -0.149. The van der Waals surface area contributed by atoms with Crippen LogP contribution < -0.4 is 27.4 Å². The molecule has 0 saturated carbocycles. The van der Waals surface area contributed by atoms with Gasteiger partial charge in [-0.15, -0.1) is 0 Å². The van der Waals surface area contributed by atoms with Crippen LogP contribution in [0.3, 0.4) is 0 Å². The number of rotatable bonds is 21. The lowest BCUT2D eigenvalue weighted by Crippen LogP contribution is -2.57. The summed E-state index contributed by atoms with van der Waals surface area (Å²) >= 11 is 0. The van der Waals surface area contributed by atoms with Crippen LogP contribution in [0.15, 0.2) is 60.7 Å². The van der Waals surface area contributed by atoms with Gasteiger partial charge >= 0.3 is 5.97 Å². The fourth-order valence-corrected chi connectivity index (χ4v) is 6.23. The molecular formula is C38H56N6O6. The van der Waals surface area contributed by atoms with Crippen molar-refractivity contribution < 1.29 is 29.1 Å². The van der Waals surface area contributed by atoms with Crippen molar-refractivity contribution in [3.05, 3.63) is 71.8 Å². The van der Waals surface area contributed by atoms with Crippen LogP contribution in [0.1, 0.15) is 69.9 Å². The number of likely N-dealkylation sites (tertiary alicyclic amines) is 1. The van der Waals surface area contributed by atoms with Crippen LogP contribution in [0.5, 0.6) is 0 Å². The van der Waals surface area contributed by atoms with E-state index in [-0.39, 0.29) is 68.8 Å². The molecule has 3 amide bonds. The highest BCUT2D eigenvalue weighted by Gasteiger charge is 2.40. The van der Waals surface area contributed by atoms with Gasteiger partial charge in [0.05, 0.1) is 12.6 Å². The molecule has 1 heterocycles. The fraction of sp³-hybridized carbons (Fsp3) is 0.553. The van der Waals surface area contributed by atoms with Crippen LogP contribution in [0.4, 0.5) is 0 Å². The third-order valence-electron chi connectivity index (χ3n) is 9.26. The van der Waals surface area contributed by atoms with Crippen molar-refractivity contribution >= 4 is 29.5 Å². The first-order valence-electron chi connectivity index (χ1n) is 17.8. The normalized spacial score (nSPS) is 15.9. The van der Waals surface area contributed by atoms with Gasteiger partial charge in [0.2, 0.25) is 17.7 Å². The number of carboxylic acids is 1. The van der Waals surface area contributed by atoms with E-state index in [0.29, 0.717) is 38.8 Å². The second-order valence-corrected chi connectivity index (χ2v) is 13.9. The molecule has 3 rings (SSSR count). The van der Waals surface area contributed by atoms with Gasteiger partial charge in [0.25, 0.3) is 0 Å². The van der Waals surface area contributed by atoms with E-state index in [1.165, 1.54) is 0 Å². The highest BCUT2D eigenvalue weighted by atomic mass is 16.4. The minimum Gasteiger partial charge on any atom is -0.480 e. The van der Waals surface area contributed by atoms with Crippen LogP contribution in [0.2, 0.25) is 0 Å². The van der Waals surface area contributed by atoms with E-state index < -0.39 is 35.4 Å². The second-order valence-electron chi connectivity index (χ2n) is 13.9. The van der Waals surface area contributed by atoms with Crippen molar-refractivity contribution in [3.8, 4) is 0 Å². The predicted octanol–water partition coefficient (Wildman–Crippen LogP) is 2.19. The number of amides is 3. The van der Waals surface area contributed by atoms with Crippen LogP contribution in [-0.2, 0) is 36.8 Å². The smallest absolute Gasteiger partial charge is 0.323 e. The van der Waals surface area contributed by atoms with Crippen molar-refractivity contribution in [2.24, 2.45) is 23.3 Å². The molecule has 1 saturated heterocycles. The number of benzene rings is 2. The number of piperidine rings is 1. The first kappa shape index (κ1) is 40.3. The molecule has 12 heteroatoms. The van der Waals surface area contributed by atoms with Gasteiger partial charge in [0.15, 0.2) is 5.78 Å². The van der Waals surface area contributed by atoms with Gasteiger partial charge < -0.3 is 37.4 Å². The molecule has 0 spiro atoms. The van der Waals surface area contributed by atoms with E-state index in [2.05, 4.69) is 16.0 Å². The summed E-state index contributed by atoms with van der Waals surface area (Å²) in [7, 11) is 0. The number of unbranched alkanes of at least 4 members (excludes halogenated alkanes) is 1. The zero-order valence-electron chi connectivity index (χ0n) is 29.6. The van der Waals surface area contributed by atoms with Crippen molar-refractivity contribution in [1.82, 2.24) is 20.9 Å². The van der Waals surface area contributed by atoms with E-state index in [1.54, 1.807) is 4.90 Å². The quantitative estimate of drug-likeness (QED) is 0.106. The molecule has 1 aliphatic heterocycles. The minimum atomic E-state index is -1.38. The molecule has 2 aromatic carbocycles. The molecule has 0 unspecified atom stereocenters. The molecule has 1 fully saturated rings. The van der Waals surface area contributed by atoms with Crippen molar-refractivity contribution in [2.75, 3.05) is 32.7 Å². The van der Waals surface area contributed by atoms with Gasteiger partial charge in [-0.3, -0.25) is 24.0 Å². The molecule has 0 aliphatic carbocycles. The van der Waals surface area contributed by atoms with Gasteiger partial charge in [0, 0.05) is 31.8 Å². The monoisotopic (exact) mass is 692 g/mol. The number of carbonyl (C=O) groups is 5. The maximum atomic E-state index is 13.9. The maximum absolute atomic E-state index is 13.9. The molecule has 0 aromatic heterocycles. The Bertz CT molecular complexity index is 1380. The molecule has 12 nitrogen and oxygen atoms in total. The van der Waals surface area contributed by atoms with Crippen molar-refractivity contribution in [3.63, 3.8) is 0 Å². The Balaban J connectivity index is 1.70. The highest BCUT2D eigenvalue weighted by molar-refractivity contribution is 5.95. The zero-order chi connectivity index (χ0) is 36.5. The number of nitrogens with two attached hydrogens (primary N) is 2. The van der Waals surface area contributed by atoms with Gasteiger partial charge in [-0.1, -0.05) is 80.9 Å². The topological polar surface area (TPSA) is 197 Å². The summed E-state index contributed by atoms with van der Waals surface area (Å²) in [6.07, 6.45) is 3.31. The van der Waals surface area contributed by atoms with E-state index in [9.17, 15) is 29.1 Å². The van der Waals surface area contributed by atoms with Crippen LogP contribution >= 0.6 is 0 Å². The summed E-state index contributed by atoms with van der Waals surface area (Å²) in [5.41, 5.74) is 12.4. The number of nitrogens with one attached hydrogen (secondary N) is 3. The van der Waals surface area contributed by atoms with Crippen molar-refractivity contribution in [1.29, 1.82) is 0 Å². The van der Waals surface area contributed by atoms with Gasteiger partial charge in [-0.25, -0.2) is 0 Å². The van der Waals surface area contributed by atoms with Gasteiger partial charge in [0.1, 0.15) is 11.6 Å². The molecule has 274 valence electrons. The number of carbonyl (C=O) groups excluding carboxylic acids is 4. The summed E-state index contributed by atoms with van der Waals surface area (Å²) in [5.74, 6) is -2.96. The van der Waals surface area contributed by atoms with E-state index in [0.717, 1.165) is 17.5 Å². The molecule has 1 aliphatic rings. The van der Waals surface area contributed by atoms with E-state index in [4.69, 9.17) is 11.5 Å². The molecular weight excluding hydrogens is 636 g/mol. The Labute approximate surface area is 296 Å². The number of nitrogens with zero attached hydrogens (tertiary/aromatic N) is 1. The molecule has 50 heavy (non-hydrogen) atoms. The Morgan fingerprint density at radius 1 is 0.880 bits per heavy atom. The maximum Gasteiger partial charge on any atom is 0.323 e. The summed E-state index contributed by atoms with van der Waals surface area (Å²) in [6, 6.07) is 17.5. The SMILES string of the molecule is CC(C)C[C@@H](NC(=O)[C@@H](Cc1ccccc1)NC(=O)CNCCc1ccccc1)C(=O)C[C@H](CCCCN)C(=O)N1CCC(N)(C(=O)O)CC1. The second kappa shape index (κ2) is 20.5. The number of Topliss-reactive ketones (excluding diaryl/α,β-unsaturated/α-hetero) is 1. The van der Waals surface area contributed by atoms with Gasteiger partial charge in [-0.05, 0) is 68.7 Å². The number of carboxylic acid groups (broad SMARTS) is 1. The van der Waals surface area contributed by atoms with Crippen LogP contribution in [-0.4, -0.2) is 89.8 Å². The summed E-state index contributed by atoms with van der Waals surface area (Å²) in [5, 5.41) is 18.4. The minimum absolute atomic E-state index is 0.0284. The van der Waals surface area contributed by atoms with E-state index in [1.807, 2.05) is 74.5 Å². The lowest BCUT2D eigenvalue weighted by Gasteiger charge is -2.38.